The van der Waals surface area contributed by atoms with Crippen LogP contribution >= 0.6 is 0 Å². The molecule has 0 heterocycles. The second-order valence-electron chi connectivity index (χ2n) is 1.01. The van der Waals surface area contributed by atoms with Gasteiger partial charge in [-0.25, -0.2) is 0 Å². The molecule has 0 aromatic rings. The number of hydrogen-bond donors (Lipinski definition) is 2. The van der Waals surface area contributed by atoms with Gasteiger partial charge >= 0.3 is 49.2 Å². The summed E-state index contributed by atoms with van der Waals surface area (Å²) in [5.41, 5.74) is 5.02. The van der Waals surface area contributed by atoms with Crippen LogP contribution in [0.2, 0.25) is 4.64 Å². The van der Waals surface area contributed by atoms with Gasteiger partial charge in [-0.3, -0.25) is 0 Å². The normalized spacial score (nSPS) is 14.7. The Hall–Kier alpha value is 0.660. The molecule has 0 spiro atoms. The first-order valence-electron chi connectivity index (χ1n) is 1.70. The molecule has 0 aliphatic carbocycles. The van der Waals surface area contributed by atoms with E-state index in [0.717, 1.165) is 0 Å². The second kappa shape index (κ2) is 3.84. The van der Waals surface area contributed by atoms with Crippen molar-refractivity contribution in [2.75, 3.05) is 6.54 Å². The van der Waals surface area contributed by atoms with E-state index in [4.69, 9.17) is 10.8 Å². The average molecular weight is 271 g/mol. The molecular weight excluding hydrogens is 263 g/mol. The molecule has 3 N–H and O–H groups in total. The van der Waals surface area contributed by atoms with Crippen LogP contribution in [0, 0.1) is 0 Å². The van der Waals surface area contributed by atoms with Crippen LogP contribution in [0.25, 0.3) is 0 Å². The van der Waals surface area contributed by atoms with Crippen molar-refractivity contribution in [1.82, 2.24) is 0 Å². The summed E-state index contributed by atoms with van der Waals surface area (Å²) >= 11 is 2.24. The van der Waals surface area contributed by atoms with E-state index < -0.39 is 0 Å². The van der Waals surface area contributed by atoms with Crippen LogP contribution in [0.5, 0.6) is 0 Å². The summed E-state index contributed by atoms with van der Waals surface area (Å²) < 4.78 is 0.705. The first-order valence-corrected chi connectivity index (χ1v) is 3.23. The summed E-state index contributed by atoms with van der Waals surface area (Å²) in [4.78, 5) is 0. The van der Waals surface area contributed by atoms with E-state index in [1.54, 1.807) is 0 Å². The van der Waals surface area contributed by atoms with Gasteiger partial charge in [0.15, 0.2) is 0 Å². The fourth-order valence-corrected chi connectivity index (χ4v) is 0.411. The average Bonchev–Trinajstić information content (AvgIpc) is 1.65. The van der Waals surface area contributed by atoms with E-state index in [1.165, 1.54) is 0 Å². The monoisotopic (exact) mass is 271 g/mol. The Labute approximate surface area is 49.6 Å². The number of aliphatic hydroxyl groups excluding tert-OH is 1. The Morgan fingerprint density at radius 3 is 2.33 bits per heavy atom. The molecule has 0 aliphatic rings. The molecule has 0 aliphatic heterocycles. The molecule has 0 rings (SSSR count). The van der Waals surface area contributed by atoms with Crippen molar-refractivity contribution >= 4 is 0 Å². The topological polar surface area (TPSA) is 46.2 Å². The molecule has 0 amide bonds. The number of nitrogens with two attached hydrogens (primary N) is 1. The fourth-order valence-electron chi connectivity index (χ4n) is 0.0503. The van der Waals surface area contributed by atoms with Crippen molar-refractivity contribution in [2.24, 2.45) is 5.73 Å². The van der Waals surface area contributed by atoms with Crippen LogP contribution in [-0.2, 0) is 21.1 Å². The molecule has 0 aromatic heterocycles. The predicted octanol–water partition coefficient (Wildman–Crippen LogP) is -0.729. The van der Waals surface area contributed by atoms with Gasteiger partial charge < -0.3 is 0 Å². The van der Waals surface area contributed by atoms with E-state index in [-0.39, 0.29) is 6.10 Å². The van der Waals surface area contributed by atoms with Crippen molar-refractivity contribution in [3.05, 3.63) is 0 Å². The van der Waals surface area contributed by atoms with Crippen molar-refractivity contribution in [3.8, 4) is 0 Å². The third-order valence-corrected chi connectivity index (χ3v) is 1.44. The third-order valence-electron chi connectivity index (χ3n) is 0.414. The first-order chi connectivity index (χ1) is 2.81. The third kappa shape index (κ3) is 2.87. The Morgan fingerprint density at radius 1 is 1.83 bits per heavy atom. The Bertz CT molecular complexity index is 30.0. The maximum atomic E-state index is 8.53. The standard InChI is InChI=1S/C3H8NO.Au/c1-3(5)2-4;/h3,5H,1-2,4H2;. The zero-order valence-corrected chi connectivity index (χ0v) is 5.48. The van der Waals surface area contributed by atoms with Gasteiger partial charge in [0.1, 0.15) is 0 Å². The molecule has 1 unspecified atom stereocenters. The van der Waals surface area contributed by atoms with Crippen molar-refractivity contribution < 1.29 is 26.2 Å². The zero-order chi connectivity index (χ0) is 4.99. The predicted molar refractivity (Wildman–Crippen MR) is 19.9 cm³/mol. The van der Waals surface area contributed by atoms with E-state index in [0.29, 0.717) is 11.2 Å². The zero-order valence-electron chi connectivity index (χ0n) is 3.32. The van der Waals surface area contributed by atoms with Gasteiger partial charge in [0.2, 0.25) is 0 Å². The van der Waals surface area contributed by atoms with Crippen LogP contribution in [0.4, 0.5) is 0 Å². The minimum absolute atomic E-state index is 0.312. The summed E-state index contributed by atoms with van der Waals surface area (Å²) in [7, 11) is 0. The van der Waals surface area contributed by atoms with Gasteiger partial charge in [0.25, 0.3) is 0 Å². The SMILES string of the molecule is NCC(O)[CH2][Au]. The molecule has 42 valence electrons. The molecule has 0 aromatic carbocycles. The molecule has 0 bridgehead atoms. The Morgan fingerprint density at radius 2 is 2.33 bits per heavy atom. The number of rotatable bonds is 2. The van der Waals surface area contributed by atoms with Gasteiger partial charge in [-0.1, -0.05) is 0 Å². The molecule has 2 nitrogen and oxygen atoms in total. The first kappa shape index (κ1) is 6.66. The van der Waals surface area contributed by atoms with Gasteiger partial charge in [-0.15, -0.1) is 0 Å². The van der Waals surface area contributed by atoms with Crippen LogP contribution in [0.1, 0.15) is 0 Å². The number of hydrogen-bond acceptors (Lipinski definition) is 2. The maximum absolute atomic E-state index is 8.53. The summed E-state index contributed by atoms with van der Waals surface area (Å²) in [6, 6.07) is 0. The fraction of sp³-hybridized carbons (Fsp3) is 1.00. The van der Waals surface area contributed by atoms with Gasteiger partial charge in [0, 0.05) is 0 Å². The van der Waals surface area contributed by atoms with Gasteiger partial charge in [-0.2, -0.15) is 0 Å². The quantitative estimate of drug-likeness (QED) is 0.651. The van der Waals surface area contributed by atoms with E-state index in [9.17, 15) is 0 Å². The minimum atomic E-state index is -0.312. The summed E-state index contributed by atoms with van der Waals surface area (Å²) in [6.45, 7) is 0.372. The molecule has 0 fully saturated rings. The molecular formula is C3H8AuNO. The van der Waals surface area contributed by atoms with Crippen LogP contribution in [0.3, 0.4) is 0 Å². The van der Waals surface area contributed by atoms with Crippen LogP contribution in [-0.4, -0.2) is 17.8 Å². The summed E-state index contributed by atoms with van der Waals surface area (Å²) in [5, 5.41) is 8.53. The number of aliphatic hydroxyl groups is 1. The van der Waals surface area contributed by atoms with E-state index >= 15 is 0 Å². The molecule has 1 atom stereocenters. The molecule has 3 heteroatoms. The molecule has 0 saturated carbocycles. The van der Waals surface area contributed by atoms with Crippen molar-refractivity contribution in [1.29, 1.82) is 0 Å². The second-order valence-corrected chi connectivity index (χ2v) is 1.90. The molecule has 0 saturated heterocycles. The van der Waals surface area contributed by atoms with Crippen LogP contribution < -0.4 is 5.73 Å². The summed E-state index contributed by atoms with van der Waals surface area (Å²) in [6.07, 6.45) is -0.312. The van der Waals surface area contributed by atoms with Gasteiger partial charge in [0.05, 0.1) is 0 Å². The molecule has 6 heavy (non-hydrogen) atoms. The summed E-state index contributed by atoms with van der Waals surface area (Å²) in [5.74, 6) is 0. The Kier molecular flexibility index (Phi) is 4.26. The van der Waals surface area contributed by atoms with Crippen molar-refractivity contribution in [2.45, 2.75) is 10.7 Å². The van der Waals surface area contributed by atoms with E-state index in [1.807, 2.05) is 0 Å². The van der Waals surface area contributed by atoms with Gasteiger partial charge in [-0.05, 0) is 0 Å². The van der Waals surface area contributed by atoms with Crippen molar-refractivity contribution in [3.63, 3.8) is 0 Å². The van der Waals surface area contributed by atoms with Crippen LogP contribution in [0.15, 0.2) is 0 Å². The Balaban J connectivity index is 2.75. The molecule has 0 radical (unpaired) electrons. The van der Waals surface area contributed by atoms with E-state index in [2.05, 4.69) is 21.1 Å².